The number of alkyl carbamates (subject to hydrolysis) is 1. The number of benzene rings is 1. The minimum Gasteiger partial charge on any atom is -0.471 e. The molecule has 3 N–H and O–H groups in total. The van der Waals surface area contributed by atoms with E-state index in [9.17, 15) is 28.0 Å². The first kappa shape index (κ1) is 39.3. The molecule has 55 heavy (non-hydrogen) atoms. The minimum atomic E-state index is -3.46. The van der Waals surface area contributed by atoms with E-state index in [4.69, 9.17) is 9.47 Å². The Kier molecular flexibility index (Phi) is 10.6. The van der Waals surface area contributed by atoms with Crippen LogP contribution in [0, 0.1) is 23.2 Å². The zero-order valence-electron chi connectivity index (χ0n) is 31.3. The maximum Gasteiger partial charge on any atom is 0.408 e. The highest BCUT2D eigenvalue weighted by molar-refractivity contribution is 7.98. The predicted octanol–water partition coefficient (Wildman–Crippen LogP) is 5.88. The molecule has 7 rings (SSSR count). The van der Waals surface area contributed by atoms with Gasteiger partial charge in [-0.3, -0.25) is 19.1 Å². The van der Waals surface area contributed by atoms with Gasteiger partial charge in [-0.05, 0) is 80.4 Å². The monoisotopic (exact) mass is 792 g/mol. The first-order chi connectivity index (χ1) is 26.0. The number of alkyl halides is 4. The fraction of sp³-hybridized carbons (Fsp3) is 0.684. The molecule has 1 saturated heterocycles. The Labute approximate surface area is 321 Å². The summed E-state index contributed by atoms with van der Waals surface area (Å²) in [6, 6.07) is 3.89. The van der Waals surface area contributed by atoms with Crippen LogP contribution in [0.4, 0.5) is 22.4 Å². The molecule has 1 aromatic carbocycles. The Balaban J connectivity index is 1.28. The molecule has 12 nitrogen and oxygen atoms in total. The molecular formula is C38H48F4N6O6S. The highest BCUT2D eigenvalue weighted by Crippen LogP contribution is 2.49. The highest BCUT2D eigenvalue weighted by Gasteiger charge is 2.66. The first-order valence-corrected chi connectivity index (χ1v) is 20.1. The molecule has 4 amide bonds. The fourth-order valence-corrected chi connectivity index (χ4v) is 8.73. The quantitative estimate of drug-likeness (QED) is 0.231. The fourth-order valence-electron chi connectivity index (χ4n) is 7.90. The van der Waals surface area contributed by atoms with Crippen molar-refractivity contribution in [1.29, 1.82) is 0 Å². The van der Waals surface area contributed by atoms with Gasteiger partial charge in [-0.25, -0.2) is 23.5 Å². The van der Waals surface area contributed by atoms with Crippen LogP contribution in [0.25, 0.3) is 11.0 Å². The van der Waals surface area contributed by atoms with Crippen molar-refractivity contribution >= 4 is 46.8 Å². The lowest BCUT2D eigenvalue weighted by atomic mass is 9.85. The molecule has 3 saturated carbocycles. The summed E-state index contributed by atoms with van der Waals surface area (Å²) in [5, 5.41) is 5.48. The van der Waals surface area contributed by atoms with Crippen molar-refractivity contribution in [2.75, 3.05) is 6.54 Å². The highest BCUT2D eigenvalue weighted by atomic mass is 32.2. The molecule has 2 aliphatic heterocycles. The lowest BCUT2D eigenvalue weighted by molar-refractivity contribution is -0.144. The minimum absolute atomic E-state index is 0.00851. The third kappa shape index (κ3) is 8.18. The van der Waals surface area contributed by atoms with Crippen LogP contribution in [0.2, 0.25) is 0 Å². The first-order valence-electron chi connectivity index (χ1n) is 19.2. The number of nitrogens with zero attached hydrogens (tertiary/aromatic N) is 3. The SMILES string of the molecule is CC[C@@H]1[C@@H]2CN(C(=O)[C@H](C(C)(C)C)NC(=O)O[C@@H]3C[C@H]3CCCCC(F)(F)c3nc4ccccc4nc3O2)[C@@H]1C(=O)N[C@]1(C(=O)NSC2CC2)C[C@H]1C(F)F. The summed E-state index contributed by atoms with van der Waals surface area (Å²) in [6.07, 6.45) is -2.47. The second-order valence-electron chi connectivity index (χ2n) is 16.7. The summed E-state index contributed by atoms with van der Waals surface area (Å²) < 4.78 is 75.4. The van der Waals surface area contributed by atoms with E-state index in [2.05, 4.69) is 25.3 Å². The van der Waals surface area contributed by atoms with E-state index in [1.165, 1.54) is 4.90 Å². The lowest BCUT2D eigenvalue weighted by Gasteiger charge is -2.36. The van der Waals surface area contributed by atoms with E-state index in [0.717, 1.165) is 24.8 Å². The van der Waals surface area contributed by atoms with Crippen molar-refractivity contribution in [3.05, 3.63) is 30.0 Å². The smallest absolute Gasteiger partial charge is 0.408 e. The Morgan fingerprint density at radius 3 is 2.40 bits per heavy atom. The number of carbonyl (C=O) groups excluding carboxylic acids is 4. The van der Waals surface area contributed by atoms with Crippen LogP contribution in [0.5, 0.6) is 5.88 Å². The van der Waals surface area contributed by atoms with Crippen LogP contribution in [-0.4, -0.2) is 86.7 Å². The number of rotatable bonds is 7. The van der Waals surface area contributed by atoms with Gasteiger partial charge in [0, 0.05) is 17.6 Å². The summed E-state index contributed by atoms with van der Waals surface area (Å²) >= 11 is 1.13. The van der Waals surface area contributed by atoms with Crippen LogP contribution in [0.1, 0.15) is 91.2 Å². The van der Waals surface area contributed by atoms with Gasteiger partial charge >= 0.3 is 6.09 Å². The van der Waals surface area contributed by atoms with Crippen LogP contribution in [0.15, 0.2) is 24.3 Å². The Bertz CT molecular complexity index is 1830. The molecule has 3 aliphatic carbocycles. The van der Waals surface area contributed by atoms with Gasteiger partial charge in [-0.1, -0.05) is 46.2 Å². The van der Waals surface area contributed by atoms with E-state index in [-0.39, 0.29) is 42.5 Å². The average Bonchev–Trinajstić information content (AvgIpc) is 4.06. The molecule has 2 aromatic rings. The van der Waals surface area contributed by atoms with Gasteiger partial charge in [-0.15, -0.1) is 0 Å². The summed E-state index contributed by atoms with van der Waals surface area (Å²) in [5.74, 6) is -8.58. The van der Waals surface area contributed by atoms with Crippen LogP contribution >= 0.6 is 11.9 Å². The molecular weight excluding hydrogens is 745 g/mol. The maximum atomic E-state index is 16.2. The van der Waals surface area contributed by atoms with Crippen molar-refractivity contribution in [3.8, 4) is 5.88 Å². The van der Waals surface area contributed by atoms with Crippen LogP contribution in [-0.2, 0) is 25.0 Å². The number of ether oxygens (including phenoxy) is 2. The predicted molar refractivity (Wildman–Crippen MR) is 194 cm³/mol. The van der Waals surface area contributed by atoms with Crippen molar-refractivity contribution in [2.45, 2.75) is 133 Å². The molecule has 0 radical (unpaired) electrons. The Morgan fingerprint density at radius 1 is 1.05 bits per heavy atom. The number of hydrogen-bond donors (Lipinski definition) is 3. The second kappa shape index (κ2) is 14.9. The topological polar surface area (TPSA) is 152 Å². The number of aromatic nitrogens is 2. The van der Waals surface area contributed by atoms with E-state index < -0.39 is 101 Å². The molecule has 5 aliphatic rings. The number of fused-ring (bicyclic) bond motifs is 5. The lowest BCUT2D eigenvalue weighted by Crippen LogP contribution is -2.60. The summed E-state index contributed by atoms with van der Waals surface area (Å²) in [4.78, 5) is 65.9. The molecule has 1 aromatic heterocycles. The van der Waals surface area contributed by atoms with Gasteiger partial charge in [0.15, 0.2) is 5.69 Å². The third-order valence-corrected chi connectivity index (χ3v) is 12.6. The average molecular weight is 793 g/mol. The summed E-state index contributed by atoms with van der Waals surface area (Å²) in [5.41, 5.74) is -2.97. The molecule has 2 bridgehead atoms. The molecule has 0 spiro atoms. The summed E-state index contributed by atoms with van der Waals surface area (Å²) in [7, 11) is 0. The number of halogens is 4. The molecule has 3 heterocycles. The largest absolute Gasteiger partial charge is 0.471 e. The summed E-state index contributed by atoms with van der Waals surface area (Å²) in [6.45, 7) is 6.60. The number of amides is 4. The van der Waals surface area contributed by atoms with E-state index in [1.54, 1.807) is 52.0 Å². The zero-order valence-corrected chi connectivity index (χ0v) is 32.1. The van der Waals surface area contributed by atoms with Gasteiger partial charge in [0.05, 0.1) is 23.5 Å². The molecule has 300 valence electrons. The van der Waals surface area contributed by atoms with Crippen LogP contribution in [0.3, 0.4) is 0 Å². The van der Waals surface area contributed by atoms with Gasteiger partial charge in [0.2, 0.25) is 24.1 Å². The van der Waals surface area contributed by atoms with E-state index >= 15 is 8.78 Å². The van der Waals surface area contributed by atoms with Crippen molar-refractivity contribution in [3.63, 3.8) is 0 Å². The molecule has 17 heteroatoms. The second-order valence-corrected chi connectivity index (χ2v) is 17.8. The zero-order chi connectivity index (χ0) is 39.4. The van der Waals surface area contributed by atoms with E-state index in [1.807, 2.05) is 0 Å². The number of carbonyl (C=O) groups is 4. The number of hydrogen-bond acceptors (Lipinski definition) is 9. The van der Waals surface area contributed by atoms with Crippen molar-refractivity contribution in [1.82, 2.24) is 30.2 Å². The Hall–Kier alpha value is -3.89. The van der Waals surface area contributed by atoms with Gasteiger partial charge in [0.1, 0.15) is 29.8 Å². The van der Waals surface area contributed by atoms with E-state index in [0.29, 0.717) is 24.8 Å². The normalized spacial score (nSPS) is 32.2. The van der Waals surface area contributed by atoms with Gasteiger partial charge < -0.3 is 25.0 Å². The third-order valence-electron chi connectivity index (χ3n) is 11.5. The standard InChI is InChI=1S/C38H48F4N6O6S/c1-5-21-26-18-48(27(21)31(49)46-37(17-22(37)30(39)40)34(51)47-55-20-13-14-20)33(50)29(36(2,3)4)45-35(52)54-25-16-19(25)10-8-9-15-38(41,42)28-32(53-26)44-24-12-7-6-11-23(24)43-28/h6-7,11-12,19-22,25-27,29-30H,5,8-10,13-18H2,1-4H3,(H,45,52)(H,46,49)(H,47,51)/t19-,21-,22+,25-,26+,27+,29-,37-/m1/s1. The van der Waals surface area contributed by atoms with Gasteiger partial charge in [0.25, 0.3) is 11.8 Å². The molecule has 0 unspecified atom stereocenters. The molecule has 4 fully saturated rings. The number of nitrogens with one attached hydrogen (secondary N) is 3. The van der Waals surface area contributed by atoms with Crippen LogP contribution < -0.4 is 20.1 Å². The maximum absolute atomic E-state index is 16.2. The Morgan fingerprint density at radius 2 is 1.76 bits per heavy atom. The molecule has 8 atom stereocenters. The van der Waals surface area contributed by atoms with Crippen molar-refractivity contribution < 1.29 is 46.2 Å². The number of para-hydroxylation sites is 2. The van der Waals surface area contributed by atoms with Crippen molar-refractivity contribution in [2.24, 2.45) is 23.2 Å². The van der Waals surface area contributed by atoms with Gasteiger partial charge in [-0.2, -0.15) is 8.78 Å².